The highest BCUT2D eigenvalue weighted by atomic mass is 79.9. The molecule has 0 aromatic heterocycles. The molecule has 0 radical (unpaired) electrons. The van der Waals surface area contributed by atoms with Crippen LogP contribution in [0.4, 0.5) is 5.69 Å². The van der Waals surface area contributed by atoms with Crippen LogP contribution in [0.25, 0.3) is 0 Å². The van der Waals surface area contributed by atoms with Gasteiger partial charge < -0.3 is 10.6 Å². The van der Waals surface area contributed by atoms with E-state index in [1.165, 1.54) is 6.92 Å². The zero-order valence-electron chi connectivity index (χ0n) is 12.8. The van der Waals surface area contributed by atoms with Crippen LogP contribution in [0.3, 0.4) is 0 Å². The molecular formula is C17H15Br2ClN2O2. The van der Waals surface area contributed by atoms with Crippen LogP contribution in [0.1, 0.15) is 24.9 Å². The predicted molar refractivity (Wildman–Crippen MR) is 103 cm³/mol. The largest absolute Gasteiger partial charge is 0.349 e. The van der Waals surface area contributed by atoms with Crippen LogP contribution in [0.2, 0.25) is 5.02 Å². The first-order valence-electron chi connectivity index (χ1n) is 7.12. The van der Waals surface area contributed by atoms with Crippen molar-refractivity contribution in [1.82, 2.24) is 5.32 Å². The highest BCUT2D eigenvalue weighted by Gasteiger charge is 2.18. The molecule has 0 spiro atoms. The quantitative estimate of drug-likeness (QED) is 0.636. The highest BCUT2D eigenvalue weighted by molar-refractivity contribution is 9.11. The van der Waals surface area contributed by atoms with Gasteiger partial charge in [-0.3, -0.25) is 9.59 Å². The van der Waals surface area contributed by atoms with E-state index >= 15 is 0 Å². The second-order valence-corrected chi connectivity index (χ2v) is 7.39. The smallest absolute Gasteiger partial charge is 0.226 e. The van der Waals surface area contributed by atoms with Gasteiger partial charge in [-0.1, -0.05) is 39.7 Å². The summed E-state index contributed by atoms with van der Waals surface area (Å²) in [4.78, 5) is 23.8. The Morgan fingerprint density at radius 1 is 1.12 bits per heavy atom. The van der Waals surface area contributed by atoms with E-state index in [1.807, 2.05) is 12.1 Å². The molecule has 2 amide bonds. The number of hydrogen-bond acceptors (Lipinski definition) is 2. The molecule has 0 heterocycles. The summed E-state index contributed by atoms with van der Waals surface area (Å²) in [5.41, 5.74) is 1.49. The molecular weight excluding hydrogens is 459 g/mol. The topological polar surface area (TPSA) is 58.2 Å². The van der Waals surface area contributed by atoms with Crippen molar-refractivity contribution in [2.75, 3.05) is 5.32 Å². The van der Waals surface area contributed by atoms with E-state index in [4.69, 9.17) is 11.6 Å². The van der Waals surface area contributed by atoms with E-state index in [0.717, 1.165) is 14.5 Å². The van der Waals surface area contributed by atoms with Gasteiger partial charge in [0.15, 0.2) is 0 Å². The zero-order valence-corrected chi connectivity index (χ0v) is 16.7. The minimum absolute atomic E-state index is 0.115. The molecule has 126 valence electrons. The summed E-state index contributed by atoms with van der Waals surface area (Å²) in [7, 11) is 0. The van der Waals surface area contributed by atoms with Crippen LogP contribution >= 0.6 is 43.5 Å². The molecule has 2 aromatic carbocycles. The molecule has 2 rings (SSSR count). The monoisotopic (exact) mass is 472 g/mol. The van der Waals surface area contributed by atoms with Crippen molar-refractivity contribution in [2.45, 2.75) is 19.4 Å². The van der Waals surface area contributed by atoms with Crippen molar-refractivity contribution in [3.05, 3.63) is 62.0 Å². The maximum Gasteiger partial charge on any atom is 0.226 e. The van der Waals surface area contributed by atoms with Gasteiger partial charge in [0.2, 0.25) is 11.8 Å². The number of carbonyl (C=O) groups is 2. The maximum absolute atomic E-state index is 12.4. The number of hydrogen-bond donors (Lipinski definition) is 2. The Kier molecular flexibility index (Phi) is 6.83. The molecule has 0 saturated carbocycles. The van der Waals surface area contributed by atoms with Crippen LogP contribution in [0.15, 0.2) is 51.4 Å². The summed E-state index contributed by atoms with van der Waals surface area (Å²) in [6.07, 6.45) is 0.115. The highest BCUT2D eigenvalue weighted by Crippen LogP contribution is 2.27. The second-order valence-electron chi connectivity index (χ2n) is 5.18. The van der Waals surface area contributed by atoms with Crippen molar-refractivity contribution in [1.29, 1.82) is 0 Å². The summed E-state index contributed by atoms with van der Waals surface area (Å²) in [6, 6.07) is 12.1. The van der Waals surface area contributed by atoms with E-state index in [1.54, 1.807) is 30.3 Å². The van der Waals surface area contributed by atoms with E-state index in [-0.39, 0.29) is 18.2 Å². The molecule has 2 aromatic rings. The lowest BCUT2D eigenvalue weighted by atomic mass is 10.0. The van der Waals surface area contributed by atoms with Crippen LogP contribution in [0, 0.1) is 0 Å². The van der Waals surface area contributed by atoms with E-state index in [0.29, 0.717) is 10.7 Å². The minimum Gasteiger partial charge on any atom is -0.349 e. The van der Waals surface area contributed by atoms with Gasteiger partial charge in [-0.15, -0.1) is 0 Å². The molecule has 24 heavy (non-hydrogen) atoms. The van der Waals surface area contributed by atoms with Crippen molar-refractivity contribution in [2.24, 2.45) is 0 Å². The SMILES string of the molecule is CC(=O)NC(CC(=O)Nc1ccc(Br)cc1Br)c1ccc(Cl)cc1. The van der Waals surface area contributed by atoms with Crippen molar-refractivity contribution >= 4 is 61.0 Å². The predicted octanol–water partition coefficient (Wildman–Crippen LogP) is 5.07. The van der Waals surface area contributed by atoms with Gasteiger partial charge >= 0.3 is 0 Å². The number of carbonyl (C=O) groups excluding carboxylic acids is 2. The first-order valence-corrected chi connectivity index (χ1v) is 9.09. The fourth-order valence-electron chi connectivity index (χ4n) is 2.17. The minimum atomic E-state index is -0.422. The first-order chi connectivity index (χ1) is 11.3. The summed E-state index contributed by atoms with van der Waals surface area (Å²) >= 11 is 12.7. The van der Waals surface area contributed by atoms with E-state index in [2.05, 4.69) is 42.5 Å². The average molecular weight is 475 g/mol. The fraction of sp³-hybridized carbons (Fsp3) is 0.176. The lowest BCUT2D eigenvalue weighted by Crippen LogP contribution is -2.29. The van der Waals surface area contributed by atoms with Gasteiger partial charge in [-0.2, -0.15) is 0 Å². The van der Waals surface area contributed by atoms with Gasteiger partial charge in [0.25, 0.3) is 0 Å². The Morgan fingerprint density at radius 3 is 2.38 bits per heavy atom. The van der Waals surface area contributed by atoms with Crippen LogP contribution < -0.4 is 10.6 Å². The number of nitrogens with one attached hydrogen (secondary N) is 2. The molecule has 1 atom stereocenters. The second kappa shape index (κ2) is 8.65. The van der Waals surface area contributed by atoms with Gasteiger partial charge in [-0.25, -0.2) is 0 Å². The van der Waals surface area contributed by atoms with Crippen molar-refractivity contribution in [3.8, 4) is 0 Å². The number of anilines is 1. The average Bonchev–Trinajstić information content (AvgIpc) is 2.50. The maximum atomic E-state index is 12.4. The summed E-state index contributed by atoms with van der Waals surface area (Å²) in [5, 5.41) is 6.23. The lowest BCUT2D eigenvalue weighted by molar-refractivity contribution is -0.120. The van der Waals surface area contributed by atoms with Crippen molar-refractivity contribution in [3.63, 3.8) is 0 Å². The van der Waals surface area contributed by atoms with Gasteiger partial charge in [0.1, 0.15) is 0 Å². The molecule has 0 aliphatic rings. The molecule has 0 aliphatic heterocycles. The normalized spacial score (nSPS) is 11.7. The number of amides is 2. The third kappa shape index (κ3) is 5.61. The molecule has 7 heteroatoms. The van der Waals surface area contributed by atoms with Crippen LogP contribution in [0.5, 0.6) is 0 Å². The van der Waals surface area contributed by atoms with E-state index < -0.39 is 6.04 Å². The molecule has 2 N–H and O–H groups in total. The van der Waals surface area contributed by atoms with Gasteiger partial charge in [0, 0.05) is 20.9 Å². The molecule has 0 aliphatic carbocycles. The summed E-state index contributed by atoms with van der Waals surface area (Å²) in [6.45, 7) is 1.42. The third-order valence-corrected chi connectivity index (χ3v) is 4.65. The fourth-order valence-corrected chi connectivity index (χ4v) is 3.44. The number of rotatable bonds is 5. The van der Waals surface area contributed by atoms with Crippen LogP contribution in [-0.4, -0.2) is 11.8 Å². The molecule has 1 unspecified atom stereocenters. The standard InChI is InChI=1S/C17H15Br2ClN2O2/c1-10(23)21-16(11-2-5-13(20)6-3-11)9-17(24)22-15-7-4-12(18)8-14(15)19/h2-8,16H,9H2,1H3,(H,21,23)(H,22,24). The van der Waals surface area contributed by atoms with Crippen LogP contribution in [-0.2, 0) is 9.59 Å². The lowest BCUT2D eigenvalue weighted by Gasteiger charge is -2.18. The Balaban J connectivity index is 2.12. The van der Waals surface area contributed by atoms with Crippen molar-refractivity contribution < 1.29 is 9.59 Å². The zero-order chi connectivity index (χ0) is 17.7. The Hall–Kier alpha value is -1.37. The number of halogens is 3. The number of benzene rings is 2. The Morgan fingerprint density at radius 2 is 1.79 bits per heavy atom. The summed E-state index contributed by atoms with van der Waals surface area (Å²) in [5.74, 6) is -0.403. The summed E-state index contributed by atoms with van der Waals surface area (Å²) < 4.78 is 1.68. The molecule has 0 fully saturated rings. The van der Waals surface area contributed by atoms with Gasteiger partial charge in [0.05, 0.1) is 18.2 Å². The van der Waals surface area contributed by atoms with E-state index in [9.17, 15) is 9.59 Å². The Bertz CT molecular complexity index is 751. The molecule has 0 bridgehead atoms. The third-order valence-electron chi connectivity index (χ3n) is 3.24. The van der Waals surface area contributed by atoms with Gasteiger partial charge in [-0.05, 0) is 51.8 Å². The molecule has 4 nitrogen and oxygen atoms in total. The Labute approximate surface area is 162 Å². The molecule has 0 saturated heterocycles. The first kappa shape index (κ1) is 19.0.